The number of nitrogens with zero attached hydrogens (tertiary/aromatic N) is 1. The first-order chi connectivity index (χ1) is 17.7. The van der Waals surface area contributed by atoms with Crippen LogP contribution in [-0.2, 0) is 21.2 Å². The van der Waals surface area contributed by atoms with Gasteiger partial charge in [-0.05, 0) is 60.1 Å². The van der Waals surface area contributed by atoms with Gasteiger partial charge in [0.25, 0.3) is 0 Å². The fourth-order valence-corrected chi connectivity index (χ4v) is 5.26. The van der Waals surface area contributed by atoms with Crippen LogP contribution in [0.5, 0.6) is 0 Å². The van der Waals surface area contributed by atoms with E-state index in [1.807, 2.05) is 12.1 Å². The molecule has 0 bridgehead atoms. The van der Waals surface area contributed by atoms with Crippen LogP contribution in [0.3, 0.4) is 0 Å². The maximum absolute atomic E-state index is 11.5. The first-order valence-corrected chi connectivity index (χ1v) is 14.5. The molecule has 0 spiro atoms. The fraction of sp³-hybridized carbons (Fsp3) is 0.310. The molecule has 3 aromatic carbocycles. The highest BCUT2D eigenvalue weighted by molar-refractivity contribution is 7.92. The second kappa shape index (κ2) is 11.6. The minimum Gasteiger partial charge on any atom is -0.481 e. The van der Waals surface area contributed by atoms with Crippen LogP contribution in [0.2, 0.25) is 0 Å². The van der Waals surface area contributed by atoms with Gasteiger partial charge in [-0.2, -0.15) is 0 Å². The zero-order valence-corrected chi connectivity index (χ0v) is 22.0. The highest BCUT2D eigenvalue weighted by Gasteiger charge is 2.12. The molecule has 0 aliphatic carbocycles. The fourth-order valence-electron chi connectivity index (χ4n) is 4.71. The molecule has 0 fully saturated rings. The Bertz CT molecular complexity index is 1460. The van der Waals surface area contributed by atoms with Gasteiger partial charge in [-0.15, -0.1) is 0 Å². The summed E-state index contributed by atoms with van der Waals surface area (Å²) in [5, 5.41) is 9.10. The molecule has 4 aromatic rings. The lowest BCUT2D eigenvalue weighted by Gasteiger charge is -2.13. The third kappa shape index (κ3) is 7.43. The lowest BCUT2D eigenvalue weighted by atomic mass is 9.92. The van der Waals surface area contributed by atoms with Gasteiger partial charge in [0.15, 0.2) is 0 Å². The molecule has 3 N–H and O–H groups in total. The van der Waals surface area contributed by atoms with Crippen molar-refractivity contribution in [3.8, 4) is 22.5 Å². The van der Waals surface area contributed by atoms with Crippen LogP contribution in [0.25, 0.3) is 33.5 Å². The van der Waals surface area contributed by atoms with Gasteiger partial charge < -0.3 is 10.1 Å². The Balaban J connectivity index is 1.39. The number of imidazole rings is 1. The molecule has 1 atom stereocenters. The third-order valence-corrected chi connectivity index (χ3v) is 7.08. The third-order valence-electron chi connectivity index (χ3n) is 6.47. The number of rotatable bonds is 12. The number of aromatic amines is 1. The number of aliphatic carboxylic acids is 1. The number of carbonyl (C=O) groups is 1. The normalized spacial score (nSPS) is 12.5. The number of aromatic nitrogens is 2. The molecule has 37 heavy (non-hydrogen) atoms. The first kappa shape index (κ1) is 26.4. The van der Waals surface area contributed by atoms with Crippen LogP contribution < -0.4 is 4.72 Å². The number of carboxylic acids is 1. The van der Waals surface area contributed by atoms with Crippen molar-refractivity contribution >= 4 is 32.7 Å². The minimum atomic E-state index is -3.34. The van der Waals surface area contributed by atoms with Crippen molar-refractivity contribution in [3.05, 3.63) is 72.3 Å². The maximum atomic E-state index is 11.5. The molecular weight excluding hydrogens is 486 g/mol. The molecule has 0 saturated carbocycles. The highest BCUT2D eigenvalue weighted by Crippen LogP contribution is 2.27. The van der Waals surface area contributed by atoms with Crippen molar-refractivity contribution in [1.82, 2.24) is 9.97 Å². The van der Waals surface area contributed by atoms with Gasteiger partial charge in [-0.1, -0.05) is 68.3 Å². The number of hydrogen-bond donors (Lipinski definition) is 3. The summed E-state index contributed by atoms with van der Waals surface area (Å²) in [5.74, 6) is 0.279. The molecular formula is C29H33N3O4S. The Kier molecular flexibility index (Phi) is 8.28. The lowest BCUT2D eigenvalue weighted by Crippen LogP contribution is -2.09. The topological polar surface area (TPSA) is 112 Å². The summed E-state index contributed by atoms with van der Waals surface area (Å²) in [6, 6.07) is 21.9. The summed E-state index contributed by atoms with van der Waals surface area (Å²) in [5.41, 5.74) is 6.45. The van der Waals surface area contributed by atoms with E-state index < -0.39 is 16.0 Å². The second-order valence-corrected chi connectivity index (χ2v) is 11.4. The number of nitrogens with one attached hydrogen (secondary N) is 2. The van der Waals surface area contributed by atoms with E-state index in [0.717, 1.165) is 71.9 Å². The first-order valence-electron chi connectivity index (χ1n) is 12.6. The van der Waals surface area contributed by atoms with Crippen molar-refractivity contribution in [2.75, 3.05) is 11.0 Å². The van der Waals surface area contributed by atoms with Crippen molar-refractivity contribution in [2.45, 2.75) is 45.4 Å². The summed E-state index contributed by atoms with van der Waals surface area (Å²) in [4.78, 5) is 19.0. The van der Waals surface area contributed by atoms with E-state index in [2.05, 4.69) is 58.0 Å². The molecule has 194 valence electrons. The number of anilines is 1. The van der Waals surface area contributed by atoms with Crippen LogP contribution in [0.1, 0.15) is 44.6 Å². The van der Waals surface area contributed by atoms with E-state index in [1.54, 1.807) is 18.2 Å². The van der Waals surface area contributed by atoms with Gasteiger partial charge in [-0.25, -0.2) is 13.4 Å². The van der Waals surface area contributed by atoms with Crippen molar-refractivity contribution in [1.29, 1.82) is 0 Å². The monoisotopic (exact) mass is 519 g/mol. The van der Waals surface area contributed by atoms with E-state index in [4.69, 9.17) is 5.11 Å². The number of carboxylic acid groups (broad SMARTS) is 1. The Morgan fingerprint density at radius 1 is 0.973 bits per heavy atom. The SMILES string of the molecule is CCCC(CCCc1ccc(-c2ccc(-c3nc4ccc(NS(C)(=O)=O)cc4[nH]3)cc2)cc1)CC(=O)O. The highest BCUT2D eigenvalue weighted by atomic mass is 32.2. The van der Waals surface area contributed by atoms with E-state index in [0.29, 0.717) is 5.69 Å². The van der Waals surface area contributed by atoms with Gasteiger partial charge in [0.1, 0.15) is 5.82 Å². The average molecular weight is 520 g/mol. The molecule has 0 saturated heterocycles. The van der Waals surface area contributed by atoms with Crippen LogP contribution in [-0.4, -0.2) is 35.7 Å². The van der Waals surface area contributed by atoms with E-state index in [9.17, 15) is 13.2 Å². The van der Waals surface area contributed by atoms with E-state index in [-0.39, 0.29) is 12.3 Å². The number of H-pyrrole nitrogens is 1. The maximum Gasteiger partial charge on any atom is 0.303 e. The summed E-state index contributed by atoms with van der Waals surface area (Å²) < 4.78 is 25.5. The molecule has 1 heterocycles. The molecule has 0 aliphatic rings. The molecule has 0 aliphatic heterocycles. The van der Waals surface area contributed by atoms with Crippen LogP contribution in [0.4, 0.5) is 5.69 Å². The Morgan fingerprint density at radius 2 is 1.62 bits per heavy atom. The predicted molar refractivity (Wildman–Crippen MR) is 149 cm³/mol. The summed E-state index contributed by atoms with van der Waals surface area (Å²) >= 11 is 0. The van der Waals surface area contributed by atoms with Crippen molar-refractivity contribution in [2.24, 2.45) is 5.92 Å². The van der Waals surface area contributed by atoms with Crippen LogP contribution in [0, 0.1) is 5.92 Å². The summed E-state index contributed by atoms with van der Waals surface area (Å²) in [7, 11) is -3.34. The van der Waals surface area contributed by atoms with Crippen molar-refractivity contribution in [3.63, 3.8) is 0 Å². The molecule has 1 unspecified atom stereocenters. The van der Waals surface area contributed by atoms with Crippen LogP contribution in [0.15, 0.2) is 66.7 Å². The van der Waals surface area contributed by atoms with Gasteiger partial charge in [0.2, 0.25) is 10.0 Å². The Morgan fingerprint density at radius 3 is 2.24 bits per heavy atom. The quantitative estimate of drug-likeness (QED) is 0.198. The number of sulfonamides is 1. The Labute approximate surface area is 218 Å². The van der Waals surface area contributed by atoms with Gasteiger partial charge in [0.05, 0.1) is 23.0 Å². The number of benzene rings is 3. The zero-order valence-electron chi connectivity index (χ0n) is 21.2. The van der Waals surface area contributed by atoms with Crippen molar-refractivity contribution < 1.29 is 18.3 Å². The van der Waals surface area contributed by atoms with Gasteiger partial charge in [0, 0.05) is 12.0 Å². The van der Waals surface area contributed by atoms with E-state index in [1.165, 1.54) is 5.56 Å². The Hall–Kier alpha value is -3.65. The molecule has 4 rings (SSSR count). The average Bonchev–Trinajstić information content (AvgIpc) is 3.27. The second-order valence-electron chi connectivity index (χ2n) is 9.61. The smallest absolute Gasteiger partial charge is 0.303 e. The number of aryl methyl sites for hydroxylation is 1. The molecule has 0 amide bonds. The van der Waals surface area contributed by atoms with Gasteiger partial charge >= 0.3 is 5.97 Å². The number of hydrogen-bond acceptors (Lipinski definition) is 4. The summed E-state index contributed by atoms with van der Waals surface area (Å²) in [6.07, 6.45) is 6.27. The molecule has 8 heteroatoms. The lowest BCUT2D eigenvalue weighted by molar-refractivity contribution is -0.138. The molecule has 0 radical (unpaired) electrons. The standard InChI is InChI=1S/C29H33N3O4S/c1-3-5-21(18-28(33)34)7-4-6-20-8-10-22(11-9-20)23-12-14-24(15-13-23)29-30-26-17-16-25(19-27(26)31-29)32-37(2,35)36/h8-17,19,21,32H,3-7,18H2,1-2H3,(H,30,31)(H,33,34). The summed E-state index contributed by atoms with van der Waals surface area (Å²) in [6.45, 7) is 2.10. The zero-order chi connectivity index (χ0) is 26.4. The minimum absolute atomic E-state index is 0.262. The molecule has 7 nitrogen and oxygen atoms in total. The predicted octanol–water partition coefficient (Wildman–Crippen LogP) is 6.48. The van der Waals surface area contributed by atoms with Gasteiger partial charge in [-0.3, -0.25) is 9.52 Å². The van der Waals surface area contributed by atoms with E-state index >= 15 is 0 Å². The molecule has 1 aromatic heterocycles. The largest absolute Gasteiger partial charge is 0.481 e. The van der Waals surface area contributed by atoms with Crippen LogP contribution >= 0.6 is 0 Å². The number of fused-ring (bicyclic) bond motifs is 1.